The van der Waals surface area contributed by atoms with Gasteiger partial charge in [-0.3, -0.25) is 4.79 Å². The first kappa shape index (κ1) is 12.6. The van der Waals surface area contributed by atoms with E-state index in [4.69, 9.17) is 4.74 Å². The number of amides is 1. The molecule has 92 valence electrons. The van der Waals surface area contributed by atoms with Gasteiger partial charge in [-0.05, 0) is 47.3 Å². The summed E-state index contributed by atoms with van der Waals surface area (Å²) < 4.78 is 6.40. The van der Waals surface area contributed by atoms with E-state index in [1.807, 2.05) is 24.3 Å². The van der Waals surface area contributed by atoms with Gasteiger partial charge in [0.15, 0.2) is 0 Å². The van der Waals surface area contributed by atoms with Gasteiger partial charge < -0.3 is 10.1 Å². The molecule has 0 saturated carbocycles. The molecule has 1 saturated heterocycles. The van der Waals surface area contributed by atoms with Crippen molar-refractivity contribution >= 4 is 27.5 Å². The quantitative estimate of drug-likeness (QED) is 0.925. The van der Waals surface area contributed by atoms with Gasteiger partial charge in [-0.15, -0.1) is 0 Å². The molecule has 1 atom stereocenters. The van der Waals surface area contributed by atoms with Crippen molar-refractivity contribution in [2.45, 2.75) is 31.8 Å². The predicted octanol–water partition coefficient (Wildman–Crippen LogP) is 3.35. The molecule has 0 unspecified atom stereocenters. The molecule has 4 heteroatoms. The Kier molecular flexibility index (Phi) is 4.57. The van der Waals surface area contributed by atoms with Crippen molar-refractivity contribution in [3.63, 3.8) is 0 Å². The second kappa shape index (κ2) is 6.17. The molecule has 1 heterocycles. The average Bonchev–Trinajstić information content (AvgIpc) is 2.82. The fourth-order valence-corrected chi connectivity index (χ4v) is 2.32. The zero-order valence-corrected chi connectivity index (χ0v) is 11.2. The van der Waals surface area contributed by atoms with E-state index >= 15 is 0 Å². The van der Waals surface area contributed by atoms with Crippen LogP contribution in [0.3, 0.4) is 0 Å². The number of rotatable bonds is 4. The van der Waals surface area contributed by atoms with Crippen molar-refractivity contribution in [1.82, 2.24) is 0 Å². The normalized spacial score (nSPS) is 19.2. The molecule has 0 spiro atoms. The van der Waals surface area contributed by atoms with Gasteiger partial charge >= 0.3 is 0 Å². The number of carbonyl (C=O) groups is 1. The van der Waals surface area contributed by atoms with Crippen LogP contribution >= 0.6 is 15.9 Å². The van der Waals surface area contributed by atoms with Crippen LogP contribution in [0, 0.1) is 0 Å². The summed E-state index contributed by atoms with van der Waals surface area (Å²) in [5, 5.41) is 2.89. The van der Waals surface area contributed by atoms with Crippen LogP contribution in [-0.4, -0.2) is 18.6 Å². The van der Waals surface area contributed by atoms with Gasteiger partial charge in [-0.2, -0.15) is 0 Å². The third-order valence-corrected chi connectivity index (χ3v) is 3.56. The minimum absolute atomic E-state index is 0.0485. The Morgan fingerprint density at radius 3 is 3.00 bits per heavy atom. The number of benzene rings is 1. The smallest absolute Gasteiger partial charge is 0.224 e. The third kappa shape index (κ3) is 3.82. The lowest BCUT2D eigenvalue weighted by atomic mass is 10.1. The Balaban J connectivity index is 1.79. The molecule has 17 heavy (non-hydrogen) atoms. The first-order valence-electron chi connectivity index (χ1n) is 5.91. The summed E-state index contributed by atoms with van der Waals surface area (Å²) in [5.41, 5.74) is 0.824. The fourth-order valence-electron chi connectivity index (χ4n) is 1.94. The predicted molar refractivity (Wildman–Crippen MR) is 71.0 cm³/mol. The largest absolute Gasteiger partial charge is 0.378 e. The molecule has 1 aromatic rings. The summed E-state index contributed by atoms with van der Waals surface area (Å²) in [6.07, 6.45) is 3.82. The van der Waals surface area contributed by atoms with Gasteiger partial charge in [0.25, 0.3) is 0 Å². The summed E-state index contributed by atoms with van der Waals surface area (Å²) in [5.74, 6) is 0.0485. The van der Waals surface area contributed by atoms with Crippen LogP contribution < -0.4 is 5.32 Å². The lowest BCUT2D eigenvalue weighted by Crippen LogP contribution is -2.15. The maximum atomic E-state index is 11.7. The second-order valence-electron chi connectivity index (χ2n) is 4.20. The highest BCUT2D eigenvalue weighted by atomic mass is 79.9. The van der Waals surface area contributed by atoms with Crippen LogP contribution in [0.5, 0.6) is 0 Å². The number of halogens is 1. The molecule has 1 N–H and O–H groups in total. The van der Waals surface area contributed by atoms with Crippen molar-refractivity contribution in [1.29, 1.82) is 0 Å². The van der Waals surface area contributed by atoms with Gasteiger partial charge in [0, 0.05) is 17.5 Å². The first-order chi connectivity index (χ1) is 8.25. The van der Waals surface area contributed by atoms with Crippen molar-refractivity contribution in [2.75, 3.05) is 11.9 Å². The van der Waals surface area contributed by atoms with E-state index in [9.17, 15) is 4.79 Å². The highest BCUT2D eigenvalue weighted by Gasteiger charge is 2.16. The van der Waals surface area contributed by atoms with Gasteiger partial charge in [0.05, 0.1) is 11.8 Å². The van der Waals surface area contributed by atoms with Crippen LogP contribution in [0.15, 0.2) is 28.7 Å². The van der Waals surface area contributed by atoms with E-state index in [0.717, 1.165) is 36.0 Å². The molecule has 0 aromatic heterocycles. The van der Waals surface area contributed by atoms with Gasteiger partial charge in [-0.1, -0.05) is 12.1 Å². The molecule has 0 bridgehead atoms. The number of carbonyl (C=O) groups excluding carboxylic acids is 1. The van der Waals surface area contributed by atoms with E-state index in [-0.39, 0.29) is 12.0 Å². The van der Waals surface area contributed by atoms with E-state index in [1.54, 1.807) is 0 Å². The van der Waals surface area contributed by atoms with E-state index in [0.29, 0.717) is 6.42 Å². The van der Waals surface area contributed by atoms with Crippen molar-refractivity contribution in [3.05, 3.63) is 28.7 Å². The molecular weight excluding hydrogens is 282 g/mol. The number of hydrogen-bond donors (Lipinski definition) is 1. The topological polar surface area (TPSA) is 38.3 Å². The summed E-state index contributed by atoms with van der Waals surface area (Å²) in [7, 11) is 0. The monoisotopic (exact) mass is 297 g/mol. The highest BCUT2D eigenvalue weighted by Crippen LogP contribution is 2.22. The summed E-state index contributed by atoms with van der Waals surface area (Å²) >= 11 is 3.40. The van der Waals surface area contributed by atoms with Crippen LogP contribution in [0.1, 0.15) is 25.7 Å². The standard InChI is InChI=1S/C13H16BrNO2/c14-11-5-1-2-6-12(11)15-13(16)8-7-10-4-3-9-17-10/h1-2,5-6,10H,3-4,7-9H2,(H,15,16)/t10-/m1/s1. The summed E-state index contributed by atoms with van der Waals surface area (Å²) in [4.78, 5) is 11.7. The lowest BCUT2D eigenvalue weighted by Gasteiger charge is -2.10. The van der Waals surface area contributed by atoms with Crippen molar-refractivity contribution in [3.8, 4) is 0 Å². The highest BCUT2D eigenvalue weighted by molar-refractivity contribution is 9.10. The molecule has 2 rings (SSSR count). The van der Waals surface area contributed by atoms with Crippen molar-refractivity contribution in [2.24, 2.45) is 0 Å². The van der Waals surface area contributed by atoms with Crippen LogP contribution in [0.25, 0.3) is 0 Å². The molecule has 3 nitrogen and oxygen atoms in total. The molecular formula is C13H16BrNO2. The van der Waals surface area contributed by atoms with Crippen LogP contribution in [0.2, 0.25) is 0 Å². The Bertz CT molecular complexity index is 389. The molecule has 1 aliphatic rings. The van der Waals surface area contributed by atoms with E-state index in [2.05, 4.69) is 21.2 Å². The Morgan fingerprint density at radius 2 is 2.29 bits per heavy atom. The van der Waals surface area contributed by atoms with Gasteiger partial charge in [0.2, 0.25) is 5.91 Å². The number of para-hydroxylation sites is 1. The van der Waals surface area contributed by atoms with E-state index < -0.39 is 0 Å². The van der Waals surface area contributed by atoms with Gasteiger partial charge in [0.1, 0.15) is 0 Å². The van der Waals surface area contributed by atoms with Gasteiger partial charge in [-0.25, -0.2) is 0 Å². The summed E-state index contributed by atoms with van der Waals surface area (Å²) in [6, 6.07) is 7.62. The SMILES string of the molecule is O=C(CC[C@H]1CCCO1)Nc1ccccc1Br. The molecule has 0 radical (unpaired) electrons. The number of ether oxygens (including phenoxy) is 1. The Hall–Kier alpha value is -0.870. The molecule has 1 aliphatic heterocycles. The summed E-state index contributed by atoms with van der Waals surface area (Å²) in [6.45, 7) is 0.844. The Labute approximate surface area is 110 Å². The van der Waals surface area contributed by atoms with E-state index in [1.165, 1.54) is 0 Å². The second-order valence-corrected chi connectivity index (χ2v) is 5.06. The Morgan fingerprint density at radius 1 is 1.47 bits per heavy atom. The zero-order valence-electron chi connectivity index (χ0n) is 9.62. The number of nitrogens with one attached hydrogen (secondary N) is 1. The molecule has 0 aliphatic carbocycles. The maximum absolute atomic E-state index is 11.7. The molecule has 1 amide bonds. The van der Waals surface area contributed by atoms with Crippen molar-refractivity contribution < 1.29 is 9.53 Å². The lowest BCUT2D eigenvalue weighted by molar-refractivity contribution is -0.116. The zero-order chi connectivity index (χ0) is 12.1. The average molecular weight is 298 g/mol. The third-order valence-electron chi connectivity index (χ3n) is 2.87. The maximum Gasteiger partial charge on any atom is 0.224 e. The minimum atomic E-state index is 0.0485. The number of hydrogen-bond acceptors (Lipinski definition) is 2. The van der Waals surface area contributed by atoms with Crippen LogP contribution in [0.4, 0.5) is 5.69 Å². The fraction of sp³-hybridized carbons (Fsp3) is 0.462. The van der Waals surface area contributed by atoms with Crippen LogP contribution in [-0.2, 0) is 9.53 Å². The minimum Gasteiger partial charge on any atom is -0.378 e. The molecule has 1 aromatic carbocycles. The molecule has 1 fully saturated rings. The number of anilines is 1. The first-order valence-corrected chi connectivity index (χ1v) is 6.71.